The van der Waals surface area contributed by atoms with E-state index in [0.29, 0.717) is 19.4 Å². The van der Waals surface area contributed by atoms with Gasteiger partial charge < -0.3 is 9.84 Å². The molecule has 0 aliphatic heterocycles. The molecule has 0 saturated heterocycles. The number of phenolic OH excluding ortho intramolecular Hbond substituents is 1. The minimum Gasteiger partial charge on any atom is -0.507 e. The standard InChI is InChI=1S/C14H19NO5S/c1-4-5-6-9-15(2)21(18,19)11-7-8-13(16)12(10-11)14(17)20-3/h4,7-8,10,16H,1,5-6,9H2,2-3H3. The van der Waals surface area contributed by atoms with E-state index in [4.69, 9.17) is 0 Å². The Hall–Kier alpha value is -1.86. The number of methoxy groups -OCH3 is 1. The quantitative estimate of drug-likeness (QED) is 0.471. The van der Waals surface area contributed by atoms with Gasteiger partial charge in [-0.25, -0.2) is 17.5 Å². The number of unbranched alkanes of at least 4 members (excludes halogenated alkanes) is 1. The van der Waals surface area contributed by atoms with Crippen LogP contribution in [0.3, 0.4) is 0 Å². The van der Waals surface area contributed by atoms with E-state index in [1.165, 1.54) is 17.4 Å². The van der Waals surface area contributed by atoms with Crippen LogP contribution in [0.25, 0.3) is 0 Å². The Morgan fingerprint density at radius 3 is 2.71 bits per heavy atom. The Bertz CT molecular complexity index is 624. The maximum atomic E-state index is 12.4. The van der Waals surface area contributed by atoms with Gasteiger partial charge >= 0.3 is 5.97 Å². The van der Waals surface area contributed by atoms with Gasteiger partial charge in [-0.1, -0.05) is 6.08 Å². The Labute approximate surface area is 124 Å². The lowest BCUT2D eigenvalue weighted by Crippen LogP contribution is -2.28. The molecule has 1 rings (SSSR count). The maximum Gasteiger partial charge on any atom is 0.341 e. The Morgan fingerprint density at radius 1 is 1.48 bits per heavy atom. The molecule has 116 valence electrons. The van der Waals surface area contributed by atoms with Gasteiger partial charge in [0, 0.05) is 13.6 Å². The Morgan fingerprint density at radius 2 is 2.14 bits per heavy atom. The van der Waals surface area contributed by atoms with Gasteiger partial charge in [-0.05, 0) is 31.0 Å². The van der Waals surface area contributed by atoms with Gasteiger partial charge in [-0.2, -0.15) is 0 Å². The lowest BCUT2D eigenvalue weighted by atomic mass is 10.2. The molecule has 0 spiro atoms. The van der Waals surface area contributed by atoms with Crippen molar-refractivity contribution in [2.24, 2.45) is 0 Å². The summed E-state index contributed by atoms with van der Waals surface area (Å²) in [5, 5.41) is 9.59. The molecular weight excluding hydrogens is 294 g/mol. The van der Waals surface area contributed by atoms with Crippen LogP contribution in [0.5, 0.6) is 5.75 Å². The molecule has 0 radical (unpaired) electrons. The second-order valence-electron chi connectivity index (χ2n) is 4.43. The van der Waals surface area contributed by atoms with E-state index in [0.717, 1.165) is 19.2 Å². The molecule has 0 aromatic heterocycles. The van der Waals surface area contributed by atoms with Crippen LogP contribution >= 0.6 is 0 Å². The van der Waals surface area contributed by atoms with Crippen LogP contribution in [0.2, 0.25) is 0 Å². The average molecular weight is 313 g/mol. The lowest BCUT2D eigenvalue weighted by molar-refractivity contribution is 0.0597. The zero-order valence-corrected chi connectivity index (χ0v) is 12.9. The number of allylic oxidation sites excluding steroid dienone is 1. The van der Waals surface area contributed by atoms with Gasteiger partial charge in [0.25, 0.3) is 0 Å². The molecule has 7 heteroatoms. The molecule has 21 heavy (non-hydrogen) atoms. The summed E-state index contributed by atoms with van der Waals surface area (Å²) in [5.74, 6) is -1.12. The van der Waals surface area contributed by atoms with Crippen LogP contribution in [0.15, 0.2) is 35.7 Å². The number of phenols is 1. The molecule has 0 atom stereocenters. The highest BCUT2D eigenvalue weighted by molar-refractivity contribution is 7.89. The molecule has 0 heterocycles. The normalized spacial score (nSPS) is 11.4. The van der Waals surface area contributed by atoms with E-state index >= 15 is 0 Å². The van der Waals surface area contributed by atoms with E-state index in [-0.39, 0.29) is 16.2 Å². The molecule has 1 N–H and O–H groups in total. The number of ether oxygens (including phenoxy) is 1. The molecule has 0 aliphatic rings. The first-order valence-corrected chi connectivity index (χ1v) is 7.77. The number of rotatable bonds is 7. The molecule has 1 aromatic carbocycles. The van der Waals surface area contributed by atoms with Crippen LogP contribution in [-0.2, 0) is 14.8 Å². The summed E-state index contributed by atoms with van der Waals surface area (Å²) in [4.78, 5) is 11.4. The van der Waals surface area contributed by atoms with Gasteiger partial charge in [0.1, 0.15) is 11.3 Å². The molecule has 0 saturated carbocycles. The van der Waals surface area contributed by atoms with Crippen molar-refractivity contribution >= 4 is 16.0 Å². The molecule has 0 fully saturated rings. The third kappa shape index (κ3) is 4.05. The molecule has 6 nitrogen and oxygen atoms in total. The van der Waals surface area contributed by atoms with Crippen molar-refractivity contribution in [2.75, 3.05) is 20.7 Å². The third-order valence-corrected chi connectivity index (χ3v) is 4.82. The van der Waals surface area contributed by atoms with Crippen molar-refractivity contribution in [1.29, 1.82) is 0 Å². The van der Waals surface area contributed by atoms with Gasteiger partial charge in [0.05, 0.1) is 12.0 Å². The number of hydrogen-bond acceptors (Lipinski definition) is 5. The van der Waals surface area contributed by atoms with E-state index in [1.54, 1.807) is 6.08 Å². The van der Waals surface area contributed by atoms with E-state index in [1.807, 2.05) is 0 Å². The number of esters is 1. The molecule has 0 bridgehead atoms. The van der Waals surface area contributed by atoms with Gasteiger partial charge in [0.15, 0.2) is 0 Å². The SMILES string of the molecule is C=CCCCN(C)S(=O)(=O)c1ccc(O)c(C(=O)OC)c1. The predicted molar refractivity (Wildman–Crippen MR) is 78.7 cm³/mol. The predicted octanol–water partition coefficient (Wildman–Crippen LogP) is 1.77. The largest absolute Gasteiger partial charge is 0.507 e. The number of aromatic hydroxyl groups is 1. The second-order valence-corrected chi connectivity index (χ2v) is 6.47. The minimum atomic E-state index is -3.72. The first kappa shape index (κ1) is 17.2. The van der Waals surface area contributed by atoms with Crippen molar-refractivity contribution in [3.63, 3.8) is 0 Å². The fraction of sp³-hybridized carbons (Fsp3) is 0.357. The second kappa shape index (κ2) is 7.24. The summed E-state index contributed by atoms with van der Waals surface area (Å²) in [5.41, 5.74) is -0.182. The van der Waals surface area contributed by atoms with Crippen LogP contribution in [0.4, 0.5) is 0 Å². The van der Waals surface area contributed by atoms with Crippen molar-refractivity contribution < 1.29 is 23.1 Å². The van der Waals surface area contributed by atoms with Crippen molar-refractivity contribution in [2.45, 2.75) is 17.7 Å². The molecule has 1 aromatic rings. The van der Waals surface area contributed by atoms with E-state index in [9.17, 15) is 18.3 Å². The maximum absolute atomic E-state index is 12.4. The number of nitrogens with zero attached hydrogens (tertiary/aromatic N) is 1. The van der Waals surface area contributed by atoms with E-state index in [2.05, 4.69) is 11.3 Å². The number of hydrogen-bond donors (Lipinski definition) is 1. The zero-order chi connectivity index (χ0) is 16.0. The summed E-state index contributed by atoms with van der Waals surface area (Å²) >= 11 is 0. The lowest BCUT2D eigenvalue weighted by Gasteiger charge is -2.17. The number of carbonyl (C=O) groups is 1. The average Bonchev–Trinajstić information content (AvgIpc) is 2.46. The smallest absolute Gasteiger partial charge is 0.341 e. The highest BCUT2D eigenvalue weighted by Gasteiger charge is 2.23. The molecule has 0 unspecified atom stereocenters. The van der Waals surface area contributed by atoms with E-state index < -0.39 is 16.0 Å². The topological polar surface area (TPSA) is 83.9 Å². The monoisotopic (exact) mass is 313 g/mol. The third-order valence-electron chi connectivity index (χ3n) is 2.96. The van der Waals surface area contributed by atoms with Gasteiger partial charge in [0.2, 0.25) is 10.0 Å². The van der Waals surface area contributed by atoms with Gasteiger partial charge in [-0.15, -0.1) is 6.58 Å². The summed E-state index contributed by atoms with van der Waals surface area (Å²) in [7, 11) is -1.10. The summed E-state index contributed by atoms with van der Waals surface area (Å²) < 4.78 is 30.4. The van der Waals surface area contributed by atoms with Crippen molar-refractivity contribution in [3.05, 3.63) is 36.4 Å². The van der Waals surface area contributed by atoms with Gasteiger partial charge in [-0.3, -0.25) is 0 Å². The van der Waals surface area contributed by atoms with Crippen molar-refractivity contribution in [1.82, 2.24) is 4.31 Å². The van der Waals surface area contributed by atoms with Crippen LogP contribution in [-0.4, -0.2) is 44.5 Å². The number of benzene rings is 1. The van der Waals surface area contributed by atoms with Crippen molar-refractivity contribution in [3.8, 4) is 5.75 Å². The Kier molecular flexibility index (Phi) is 5.92. The first-order chi connectivity index (χ1) is 9.84. The minimum absolute atomic E-state index is 0.0678. The number of carbonyl (C=O) groups excluding carboxylic acids is 1. The van der Waals surface area contributed by atoms with Crippen LogP contribution < -0.4 is 0 Å². The zero-order valence-electron chi connectivity index (χ0n) is 12.1. The number of sulfonamides is 1. The molecular formula is C14H19NO5S. The van der Waals surface area contributed by atoms with Crippen LogP contribution in [0.1, 0.15) is 23.2 Å². The summed E-state index contributed by atoms with van der Waals surface area (Å²) in [6, 6.07) is 3.53. The Balaban J connectivity index is 3.08. The molecule has 0 amide bonds. The summed E-state index contributed by atoms with van der Waals surface area (Å²) in [6.45, 7) is 3.92. The first-order valence-electron chi connectivity index (χ1n) is 6.33. The fourth-order valence-corrected chi connectivity index (χ4v) is 2.94. The highest BCUT2D eigenvalue weighted by Crippen LogP contribution is 2.24. The summed E-state index contributed by atoms with van der Waals surface area (Å²) in [6.07, 6.45) is 3.08. The fourth-order valence-electron chi connectivity index (χ4n) is 1.71. The van der Waals surface area contributed by atoms with Crippen LogP contribution in [0, 0.1) is 0 Å². The highest BCUT2D eigenvalue weighted by atomic mass is 32.2. The molecule has 0 aliphatic carbocycles.